The fourth-order valence-electron chi connectivity index (χ4n) is 1.33. The molecule has 0 fully saturated rings. The molecule has 8 heteroatoms. The molecule has 2 heterocycles. The molecule has 0 atom stereocenters. The monoisotopic (exact) mass is 298 g/mol. The predicted octanol–water partition coefficient (Wildman–Crippen LogP) is 1.19. The topological polar surface area (TPSA) is 98.0 Å². The fourth-order valence-corrected chi connectivity index (χ4v) is 2.53. The first-order chi connectivity index (χ1) is 8.99. The zero-order valence-electron chi connectivity index (χ0n) is 9.75. The molecule has 0 aromatic carbocycles. The van der Waals surface area contributed by atoms with Crippen LogP contribution in [0.3, 0.4) is 0 Å². The molecule has 0 bridgehead atoms. The Bertz CT molecular complexity index is 676. The van der Waals surface area contributed by atoms with Gasteiger partial charge in [-0.25, -0.2) is 18.1 Å². The van der Waals surface area contributed by atoms with Crippen molar-refractivity contribution in [1.29, 1.82) is 0 Å². The van der Waals surface area contributed by atoms with Crippen LogP contribution in [0.15, 0.2) is 41.6 Å². The zero-order chi connectivity index (χ0) is 13.9. The van der Waals surface area contributed by atoms with Crippen LogP contribution in [0, 0.1) is 0 Å². The van der Waals surface area contributed by atoms with E-state index < -0.39 is 10.0 Å². The summed E-state index contributed by atoms with van der Waals surface area (Å²) < 4.78 is 26.4. The van der Waals surface area contributed by atoms with Crippen LogP contribution < -0.4 is 10.5 Å². The van der Waals surface area contributed by atoms with Gasteiger partial charge in [0.2, 0.25) is 10.0 Å². The minimum atomic E-state index is -3.69. The number of aromatic nitrogens is 2. The van der Waals surface area contributed by atoms with Gasteiger partial charge in [-0.3, -0.25) is 4.98 Å². The quantitative estimate of drug-likeness (QED) is 0.883. The molecule has 2 aromatic heterocycles. The van der Waals surface area contributed by atoms with E-state index in [2.05, 4.69) is 14.7 Å². The number of pyridine rings is 2. The summed E-state index contributed by atoms with van der Waals surface area (Å²) in [6, 6.07) is 6.50. The van der Waals surface area contributed by atoms with Gasteiger partial charge in [-0.15, -0.1) is 0 Å². The Balaban J connectivity index is 2.16. The van der Waals surface area contributed by atoms with Crippen molar-refractivity contribution < 1.29 is 8.42 Å². The summed E-state index contributed by atoms with van der Waals surface area (Å²) in [6.07, 6.45) is 2.74. The van der Waals surface area contributed by atoms with Gasteiger partial charge in [-0.1, -0.05) is 17.7 Å². The van der Waals surface area contributed by atoms with Crippen molar-refractivity contribution in [3.05, 3.63) is 47.4 Å². The van der Waals surface area contributed by atoms with Crippen LogP contribution in [0.2, 0.25) is 5.02 Å². The van der Waals surface area contributed by atoms with Crippen molar-refractivity contribution in [2.24, 2.45) is 0 Å². The molecule has 0 aliphatic rings. The molecular weight excluding hydrogens is 288 g/mol. The molecule has 100 valence electrons. The molecule has 19 heavy (non-hydrogen) atoms. The third-order valence-corrected chi connectivity index (χ3v) is 4.00. The zero-order valence-corrected chi connectivity index (χ0v) is 11.3. The van der Waals surface area contributed by atoms with Gasteiger partial charge in [0.25, 0.3) is 0 Å². The number of anilines is 1. The summed E-state index contributed by atoms with van der Waals surface area (Å²) in [5, 5.41) is 0.0979. The van der Waals surface area contributed by atoms with Crippen molar-refractivity contribution in [3.8, 4) is 0 Å². The summed E-state index contributed by atoms with van der Waals surface area (Å²) in [7, 11) is -3.69. The van der Waals surface area contributed by atoms with Crippen molar-refractivity contribution in [1.82, 2.24) is 14.7 Å². The van der Waals surface area contributed by atoms with Crippen LogP contribution in [-0.2, 0) is 16.6 Å². The molecule has 0 radical (unpaired) electrons. The minimum absolute atomic E-state index is 0.0392. The molecule has 0 amide bonds. The number of nitrogen functional groups attached to an aromatic ring is 1. The van der Waals surface area contributed by atoms with Gasteiger partial charge in [0.1, 0.15) is 10.7 Å². The SMILES string of the molecule is Nc1ncc(S(=O)(=O)NCc2ccccn2)cc1Cl. The van der Waals surface area contributed by atoms with Crippen LogP contribution >= 0.6 is 11.6 Å². The van der Waals surface area contributed by atoms with Crippen LogP contribution in [0.1, 0.15) is 5.69 Å². The maximum atomic E-state index is 12.0. The van der Waals surface area contributed by atoms with Crippen molar-refractivity contribution in [3.63, 3.8) is 0 Å². The van der Waals surface area contributed by atoms with Gasteiger partial charge >= 0.3 is 0 Å². The van der Waals surface area contributed by atoms with Gasteiger partial charge in [0, 0.05) is 12.4 Å². The van der Waals surface area contributed by atoms with Crippen LogP contribution in [0.5, 0.6) is 0 Å². The molecule has 0 unspecified atom stereocenters. The molecule has 0 aliphatic carbocycles. The van der Waals surface area contributed by atoms with E-state index in [1.165, 1.54) is 6.07 Å². The highest BCUT2D eigenvalue weighted by molar-refractivity contribution is 7.89. The van der Waals surface area contributed by atoms with Crippen LogP contribution in [0.25, 0.3) is 0 Å². The molecule has 0 spiro atoms. The van der Waals surface area contributed by atoms with E-state index in [0.29, 0.717) is 5.69 Å². The average Bonchev–Trinajstić information content (AvgIpc) is 2.41. The Labute approximate surface area is 115 Å². The normalized spacial score (nSPS) is 11.4. The molecule has 2 aromatic rings. The lowest BCUT2D eigenvalue weighted by Crippen LogP contribution is -2.24. The molecule has 3 N–H and O–H groups in total. The van der Waals surface area contributed by atoms with Gasteiger partial charge in [0.05, 0.1) is 17.3 Å². The highest BCUT2D eigenvalue weighted by Crippen LogP contribution is 2.19. The van der Waals surface area contributed by atoms with Crippen molar-refractivity contribution in [2.45, 2.75) is 11.4 Å². The summed E-state index contributed by atoms with van der Waals surface area (Å²) in [5.74, 6) is 0.0883. The Morgan fingerprint density at radius 3 is 2.74 bits per heavy atom. The largest absolute Gasteiger partial charge is 0.382 e. The van der Waals surface area contributed by atoms with Crippen LogP contribution in [0.4, 0.5) is 5.82 Å². The first-order valence-corrected chi connectivity index (χ1v) is 7.16. The van der Waals surface area contributed by atoms with E-state index in [-0.39, 0.29) is 22.3 Å². The second-order valence-electron chi connectivity index (χ2n) is 3.68. The summed E-state index contributed by atoms with van der Waals surface area (Å²) >= 11 is 5.74. The maximum Gasteiger partial charge on any atom is 0.242 e. The summed E-state index contributed by atoms with van der Waals surface area (Å²) in [5.41, 5.74) is 6.04. The molecule has 6 nitrogen and oxygen atoms in total. The summed E-state index contributed by atoms with van der Waals surface area (Å²) in [6.45, 7) is 0.0885. The lowest BCUT2D eigenvalue weighted by atomic mass is 10.4. The van der Waals surface area contributed by atoms with E-state index in [0.717, 1.165) is 6.20 Å². The van der Waals surface area contributed by atoms with Gasteiger partial charge in [0.15, 0.2) is 0 Å². The predicted molar refractivity (Wildman–Crippen MR) is 71.9 cm³/mol. The molecule has 0 saturated carbocycles. The number of nitrogens with one attached hydrogen (secondary N) is 1. The Hall–Kier alpha value is -1.70. The molecule has 2 rings (SSSR count). The van der Waals surface area contributed by atoms with E-state index >= 15 is 0 Å². The smallest absolute Gasteiger partial charge is 0.242 e. The molecule has 0 saturated heterocycles. The molecular formula is C11H11ClN4O2S. The summed E-state index contributed by atoms with van der Waals surface area (Å²) in [4.78, 5) is 7.69. The van der Waals surface area contributed by atoms with E-state index in [4.69, 9.17) is 17.3 Å². The van der Waals surface area contributed by atoms with Gasteiger partial charge in [-0.2, -0.15) is 0 Å². The van der Waals surface area contributed by atoms with Crippen LogP contribution in [-0.4, -0.2) is 18.4 Å². The standard InChI is InChI=1S/C11H11ClN4O2S/c12-10-5-9(7-15-11(10)13)19(17,18)16-6-8-3-1-2-4-14-8/h1-5,7,16H,6H2,(H2,13,15). The number of rotatable bonds is 4. The van der Waals surface area contributed by atoms with Crippen molar-refractivity contribution in [2.75, 3.05) is 5.73 Å². The Kier molecular flexibility index (Phi) is 3.98. The number of halogens is 1. The number of hydrogen-bond acceptors (Lipinski definition) is 5. The number of nitrogens with zero attached hydrogens (tertiary/aromatic N) is 2. The fraction of sp³-hybridized carbons (Fsp3) is 0.0909. The number of nitrogens with two attached hydrogens (primary N) is 1. The van der Waals surface area contributed by atoms with E-state index in [1.807, 2.05) is 0 Å². The second-order valence-corrected chi connectivity index (χ2v) is 5.86. The molecule has 0 aliphatic heterocycles. The highest BCUT2D eigenvalue weighted by Gasteiger charge is 2.15. The van der Waals surface area contributed by atoms with Gasteiger partial charge in [-0.05, 0) is 18.2 Å². The average molecular weight is 299 g/mol. The van der Waals surface area contributed by atoms with E-state index in [1.54, 1.807) is 24.4 Å². The minimum Gasteiger partial charge on any atom is -0.382 e. The number of hydrogen-bond donors (Lipinski definition) is 2. The van der Waals surface area contributed by atoms with E-state index in [9.17, 15) is 8.42 Å². The third-order valence-electron chi connectivity index (χ3n) is 2.32. The first-order valence-electron chi connectivity index (χ1n) is 5.29. The number of sulfonamides is 1. The highest BCUT2D eigenvalue weighted by atomic mass is 35.5. The first kappa shape index (κ1) is 13.7. The second kappa shape index (κ2) is 5.52. The lowest BCUT2D eigenvalue weighted by molar-refractivity contribution is 0.580. The Morgan fingerprint density at radius 1 is 1.32 bits per heavy atom. The Morgan fingerprint density at radius 2 is 2.11 bits per heavy atom. The van der Waals surface area contributed by atoms with Crippen molar-refractivity contribution >= 4 is 27.4 Å². The maximum absolute atomic E-state index is 12.0. The third kappa shape index (κ3) is 3.40. The van der Waals surface area contributed by atoms with Gasteiger partial charge < -0.3 is 5.73 Å². The lowest BCUT2D eigenvalue weighted by Gasteiger charge is -2.07.